The molecule has 0 radical (unpaired) electrons. The summed E-state index contributed by atoms with van der Waals surface area (Å²) in [4.78, 5) is 23.6. The van der Waals surface area contributed by atoms with E-state index >= 15 is 0 Å². The Bertz CT molecular complexity index is 1030. The van der Waals surface area contributed by atoms with Crippen LogP contribution in [-0.2, 0) is 6.42 Å². The fourth-order valence-electron chi connectivity index (χ4n) is 3.31. The lowest BCUT2D eigenvalue weighted by molar-refractivity contribution is 0.959. The van der Waals surface area contributed by atoms with Crippen LogP contribution in [0.15, 0.2) is 40.4 Å². The highest BCUT2D eigenvalue weighted by Crippen LogP contribution is 2.35. The minimum Gasteiger partial charge on any atom is -0.354 e. The lowest BCUT2D eigenvalue weighted by Crippen LogP contribution is -2.26. The van der Waals surface area contributed by atoms with Crippen LogP contribution in [0.5, 0.6) is 0 Å². The van der Waals surface area contributed by atoms with Crippen molar-refractivity contribution in [3.8, 4) is 11.3 Å². The van der Waals surface area contributed by atoms with Crippen LogP contribution in [0.4, 0.5) is 5.69 Å². The highest BCUT2D eigenvalue weighted by Gasteiger charge is 2.23. The van der Waals surface area contributed by atoms with Crippen molar-refractivity contribution in [2.45, 2.75) is 6.42 Å². The zero-order chi connectivity index (χ0) is 15.4. The number of benzene rings is 1. The van der Waals surface area contributed by atoms with Crippen molar-refractivity contribution >= 4 is 17.3 Å². The van der Waals surface area contributed by atoms with E-state index in [2.05, 4.69) is 31.7 Å². The summed E-state index contributed by atoms with van der Waals surface area (Å²) >= 11 is 0. The molecule has 0 saturated carbocycles. The first-order chi connectivity index (χ1) is 11.3. The molecule has 0 fully saturated rings. The maximum Gasteiger partial charge on any atom is 0.292 e. The zero-order valence-electron chi connectivity index (χ0n) is 12.3. The summed E-state index contributed by atoms with van der Waals surface area (Å²) in [6.07, 6.45) is 4.26. The van der Waals surface area contributed by atoms with Gasteiger partial charge in [0.1, 0.15) is 0 Å². The summed E-state index contributed by atoms with van der Waals surface area (Å²) in [7, 11) is 0. The number of fused-ring (bicyclic) bond motifs is 5. The molecule has 2 aromatic heterocycles. The maximum absolute atomic E-state index is 12.1. The van der Waals surface area contributed by atoms with E-state index in [1.807, 2.05) is 22.7 Å². The van der Waals surface area contributed by atoms with Crippen molar-refractivity contribution in [3.63, 3.8) is 0 Å². The van der Waals surface area contributed by atoms with E-state index < -0.39 is 0 Å². The van der Waals surface area contributed by atoms with Gasteiger partial charge in [-0.2, -0.15) is 0 Å². The lowest BCUT2D eigenvalue weighted by atomic mass is 10.1. The number of aromatic amines is 1. The van der Waals surface area contributed by atoms with Gasteiger partial charge < -0.3 is 15.6 Å². The Morgan fingerprint density at radius 2 is 2.26 bits per heavy atom. The molecule has 1 aliphatic heterocycles. The van der Waals surface area contributed by atoms with Crippen molar-refractivity contribution < 1.29 is 0 Å². The molecule has 114 valence electrons. The van der Waals surface area contributed by atoms with Gasteiger partial charge in [-0.25, -0.2) is 4.98 Å². The van der Waals surface area contributed by atoms with E-state index in [1.165, 1.54) is 5.56 Å². The van der Waals surface area contributed by atoms with Crippen molar-refractivity contribution in [1.29, 1.82) is 0 Å². The van der Waals surface area contributed by atoms with Gasteiger partial charge in [-0.15, -0.1) is 0 Å². The van der Waals surface area contributed by atoms with Gasteiger partial charge in [0.05, 0.1) is 17.9 Å². The highest BCUT2D eigenvalue weighted by molar-refractivity contribution is 5.95. The number of imidazole rings is 1. The molecule has 0 bridgehead atoms. The van der Waals surface area contributed by atoms with Gasteiger partial charge in [-0.05, 0) is 17.7 Å². The standard InChI is InChI=1S/C16H14N6O/c23-15-14-17-5-6-22(14)12-8-9-7-10(20-16-18-3-4-19-16)1-2-11(9)13(12)21-15/h1-2,5-7H,3-4,8H2,(H,21,23)(H2,18,19,20). The molecule has 0 amide bonds. The summed E-state index contributed by atoms with van der Waals surface area (Å²) in [5.41, 5.74) is 5.49. The molecule has 7 heteroatoms. The third-order valence-corrected chi connectivity index (χ3v) is 4.33. The maximum atomic E-state index is 12.1. The van der Waals surface area contributed by atoms with E-state index in [0.717, 1.165) is 48.1 Å². The molecule has 0 atom stereocenters. The normalized spacial score (nSPS) is 15.2. The summed E-state index contributed by atoms with van der Waals surface area (Å²) in [6.45, 7) is 1.68. The van der Waals surface area contributed by atoms with Crippen LogP contribution in [0.3, 0.4) is 0 Å². The third-order valence-electron chi connectivity index (χ3n) is 4.33. The fraction of sp³-hybridized carbons (Fsp3) is 0.188. The van der Waals surface area contributed by atoms with E-state index in [9.17, 15) is 4.79 Å². The van der Waals surface area contributed by atoms with Gasteiger partial charge in [0, 0.05) is 36.6 Å². The smallest absolute Gasteiger partial charge is 0.292 e. The summed E-state index contributed by atoms with van der Waals surface area (Å²) in [5, 5.41) is 6.49. The molecule has 3 aromatic rings. The van der Waals surface area contributed by atoms with Crippen LogP contribution in [-0.4, -0.2) is 33.4 Å². The molecular formula is C16H14N6O. The minimum absolute atomic E-state index is 0.159. The number of rotatable bonds is 1. The second kappa shape index (κ2) is 4.45. The molecule has 0 spiro atoms. The lowest BCUT2D eigenvalue weighted by Gasteiger charge is -2.08. The minimum atomic E-state index is -0.159. The first kappa shape index (κ1) is 12.5. The highest BCUT2D eigenvalue weighted by atomic mass is 16.1. The van der Waals surface area contributed by atoms with Crippen LogP contribution in [0.1, 0.15) is 11.3 Å². The molecule has 1 aromatic carbocycles. The van der Waals surface area contributed by atoms with Crippen LogP contribution in [0.2, 0.25) is 0 Å². The number of aliphatic imine (C=N–C) groups is 1. The first-order valence-corrected chi connectivity index (χ1v) is 7.56. The Labute approximate surface area is 131 Å². The van der Waals surface area contributed by atoms with Crippen molar-refractivity contribution in [1.82, 2.24) is 19.7 Å². The Kier molecular flexibility index (Phi) is 2.41. The number of anilines is 1. The monoisotopic (exact) mass is 306 g/mol. The molecular weight excluding hydrogens is 292 g/mol. The molecule has 5 rings (SSSR count). The van der Waals surface area contributed by atoms with Crippen LogP contribution < -0.4 is 16.2 Å². The quantitative estimate of drug-likeness (QED) is 0.489. The SMILES string of the molecule is O=c1[nH]c2c(n3ccnc13)Cc1cc(NC3=NCCN3)ccc1-2. The van der Waals surface area contributed by atoms with Crippen molar-refractivity contribution in [2.24, 2.45) is 4.99 Å². The summed E-state index contributed by atoms with van der Waals surface area (Å²) < 4.78 is 1.88. The average Bonchev–Trinajstić information content (AvgIpc) is 3.25. The van der Waals surface area contributed by atoms with Crippen molar-refractivity contribution in [3.05, 3.63) is 52.2 Å². The van der Waals surface area contributed by atoms with Gasteiger partial charge in [-0.1, -0.05) is 6.07 Å². The number of guanidine groups is 1. The molecule has 3 heterocycles. The zero-order valence-corrected chi connectivity index (χ0v) is 12.3. The number of hydrogen-bond acceptors (Lipinski definition) is 5. The topological polar surface area (TPSA) is 86.6 Å². The molecule has 2 aliphatic rings. The van der Waals surface area contributed by atoms with Gasteiger partial charge in [0.25, 0.3) is 5.56 Å². The number of hydrogen-bond donors (Lipinski definition) is 3. The molecule has 3 N–H and O–H groups in total. The number of nitrogens with zero attached hydrogens (tertiary/aromatic N) is 3. The van der Waals surface area contributed by atoms with Crippen molar-refractivity contribution in [2.75, 3.05) is 18.4 Å². The number of nitrogens with one attached hydrogen (secondary N) is 3. The Balaban J connectivity index is 1.60. The second-order valence-corrected chi connectivity index (χ2v) is 5.73. The van der Waals surface area contributed by atoms with E-state index in [4.69, 9.17) is 0 Å². The van der Waals surface area contributed by atoms with Crippen LogP contribution in [0, 0.1) is 0 Å². The van der Waals surface area contributed by atoms with Gasteiger partial charge in [0.2, 0.25) is 5.65 Å². The Morgan fingerprint density at radius 3 is 3.13 bits per heavy atom. The fourth-order valence-corrected chi connectivity index (χ4v) is 3.31. The predicted octanol–water partition coefficient (Wildman–Crippen LogP) is 0.965. The largest absolute Gasteiger partial charge is 0.354 e. The molecule has 1 aliphatic carbocycles. The van der Waals surface area contributed by atoms with Gasteiger partial charge in [0.15, 0.2) is 5.96 Å². The third kappa shape index (κ3) is 1.79. The predicted molar refractivity (Wildman–Crippen MR) is 88.0 cm³/mol. The molecule has 0 saturated heterocycles. The van der Waals surface area contributed by atoms with Crippen LogP contribution in [0.25, 0.3) is 16.9 Å². The number of aromatic nitrogens is 3. The van der Waals surface area contributed by atoms with E-state index in [-0.39, 0.29) is 5.56 Å². The summed E-state index contributed by atoms with van der Waals surface area (Å²) in [5.74, 6) is 0.811. The van der Waals surface area contributed by atoms with Gasteiger partial charge in [-0.3, -0.25) is 14.2 Å². The second-order valence-electron chi connectivity index (χ2n) is 5.73. The van der Waals surface area contributed by atoms with Crippen LogP contribution >= 0.6 is 0 Å². The van der Waals surface area contributed by atoms with E-state index in [1.54, 1.807) is 6.20 Å². The Morgan fingerprint density at radius 1 is 1.30 bits per heavy atom. The first-order valence-electron chi connectivity index (χ1n) is 7.56. The van der Waals surface area contributed by atoms with Gasteiger partial charge >= 0.3 is 0 Å². The molecule has 0 unspecified atom stereocenters. The summed E-state index contributed by atoms with van der Waals surface area (Å²) in [6, 6.07) is 6.16. The Hall–Kier alpha value is -3.09. The average molecular weight is 306 g/mol. The number of H-pyrrole nitrogens is 1. The van der Waals surface area contributed by atoms with E-state index in [0.29, 0.717) is 5.65 Å². The molecule has 7 nitrogen and oxygen atoms in total. The molecule has 23 heavy (non-hydrogen) atoms.